The van der Waals surface area contributed by atoms with Gasteiger partial charge in [-0.3, -0.25) is 9.36 Å². The summed E-state index contributed by atoms with van der Waals surface area (Å²) in [4.78, 5) is 24.0. The van der Waals surface area contributed by atoms with Crippen LogP contribution in [0.15, 0.2) is 39.7 Å². The quantitative estimate of drug-likeness (QED) is 0.766. The fourth-order valence-electron chi connectivity index (χ4n) is 2.42. The molecule has 118 valence electrons. The topological polar surface area (TPSA) is 84.5 Å². The summed E-state index contributed by atoms with van der Waals surface area (Å²) in [6.07, 6.45) is 1.29. The second-order valence-electron chi connectivity index (χ2n) is 5.16. The minimum absolute atomic E-state index is 0.0336. The standard InChI is InChI=1S/C16H13ClN2O4/c1-8-3-4-11(10(17)7-8)18-14-12(16(21)22)13-9(5-6-23-13)15(20)19(14)2/h3-7,18H,1-2H3,(H,21,22). The van der Waals surface area contributed by atoms with Gasteiger partial charge >= 0.3 is 5.97 Å². The summed E-state index contributed by atoms with van der Waals surface area (Å²) in [5.41, 5.74) is 1.02. The smallest absolute Gasteiger partial charge is 0.343 e. The number of aryl methyl sites for hydroxylation is 1. The van der Waals surface area contributed by atoms with E-state index in [-0.39, 0.29) is 27.9 Å². The zero-order chi connectivity index (χ0) is 16.7. The van der Waals surface area contributed by atoms with Crippen LogP contribution in [-0.4, -0.2) is 15.6 Å². The molecule has 3 rings (SSSR count). The maximum absolute atomic E-state index is 12.4. The van der Waals surface area contributed by atoms with Crippen LogP contribution >= 0.6 is 11.6 Å². The molecule has 2 N–H and O–H groups in total. The fourth-order valence-corrected chi connectivity index (χ4v) is 2.70. The lowest BCUT2D eigenvalue weighted by Gasteiger charge is -2.15. The Hall–Kier alpha value is -2.73. The Labute approximate surface area is 135 Å². The summed E-state index contributed by atoms with van der Waals surface area (Å²) in [5.74, 6) is -1.10. The van der Waals surface area contributed by atoms with E-state index in [1.54, 1.807) is 12.1 Å². The summed E-state index contributed by atoms with van der Waals surface area (Å²) in [7, 11) is 1.49. The number of aromatic nitrogens is 1. The molecule has 3 aromatic rings. The first-order valence-electron chi connectivity index (χ1n) is 6.77. The number of furan rings is 1. The van der Waals surface area contributed by atoms with Gasteiger partial charge in [-0.2, -0.15) is 0 Å². The molecule has 0 aliphatic heterocycles. The van der Waals surface area contributed by atoms with Crippen molar-refractivity contribution in [3.8, 4) is 0 Å². The molecule has 0 aliphatic carbocycles. The molecule has 0 atom stereocenters. The van der Waals surface area contributed by atoms with E-state index in [0.29, 0.717) is 10.7 Å². The van der Waals surface area contributed by atoms with Crippen LogP contribution in [0.5, 0.6) is 0 Å². The zero-order valence-corrected chi connectivity index (χ0v) is 13.1. The number of nitrogens with one attached hydrogen (secondary N) is 1. The SMILES string of the molecule is Cc1ccc(Nc2c(C(=O)O)c3occc3c(=O)n2C)c(Cl)c1. The molecule has 0 fully saturated rings. The van der Waals surface area contributed by atoms with Crippen LogP contribution in [-0.2, 0) is 7.05 Å². The van der Waals surface area contributed by atoms with Crippen LogP contribution in [0, 0.1) is 6.92 Å². The minimum atomic E-state index is -1.20. The number of carboxylic acid groups (broad SMARTS) is 1. The lowest BCUT2D eigenvalue weighted by Crippen LogP contribution is -2.22. The van der Waals surface area contributed by atoms with Crippen molar-refractivity contribution in [1.29, 1.82) is 0 Å². The van der Waals surface area contributed by atoms with Gasteiger partial charge in [-0.15, -0.1) is 0 Å². The van der Waals surface area contributed by atoms with Gasteiger partial charge in [0.15, 0.2) is 5.58 Å². The molecule has 0 bridgehead atoms. The van der Waals surface area contributed by atoms with Crippen molar-refractivity contribution in [1.82, 2.24) is 4.57 Å². The third-order valence-electron chi connectivity index (χ3n) is 3.59. The van der Waals surface area contributed by atoms with Crippen molar-refractivity contribution in [2.24, 2.45) is 7.05 Å². The third-order valence-corrected chi connectivity index (χ3v) is 3.90. The van der Waals surface area contributed by atoms with E-state index in [1.807, 2.05) is 13.0 Å². The second-order valence-corrected chi connectivity index (χ2v) is 5.57. The van der Waals surface area contributed by atoms with E-state index in [1.165, 1.54) is 23.9 Å². The van der Waals surface area contributed by atoms with Gasteiger partial charge < -0.3 is 14.8 Å². The number of anilines is 2. The zero-order valence-electron chi connectivity index (χ0n) is 12.4. The molecular formula is C16H13ClN2O4. The van der Waals surface area contributed by atoms with Crippen molar-refractivity contribution in [3.63, 3.8) is 0 Å². The maximum atomic E-state index is 12.4. The van der Waals surface area contributed by atoms with Crippen LogP contribution in [0.3, 0.4) is 0 Å². The van der Waals surface area contributed by atoms with Gasteiger partial charge in [0, 0.05) is 7.05 Å². The molecule has 0 spiro atoms. The van der Waals surface area contributed by atoms with Gasteiger partial charge in [-0.25, -0.2) is 4.79 Å². The fraction of sp³-hybridized carbons (Fsp3) is 0.125. The van der Waals surface area contributed by atoms with E-state index < -0.39 is 5.97 Å². The monoisotopic (exact) mass is 332 g/mol. The summed E-state index contributed by atoms with van der Waals surface area (Å²) in [5, 5.41) is 13.1. The van der Waals surface area contributed by atoms with E-state index in [9.17, 15) is 14.7 Å². The highest BCUT2D eigenvalue weighted by Crippen LogP contribution is 2.30. The number of hydrogen-bond donors (Lipinski definition) is 2. The number of aromatic carboxylic acids is 1. The highest BCUT2D eigenvalue weighted by Gasteiger charge is 2.23. The van der Waals surface area contributed by atoms with Gasteiger partial charge in [-0.05, 0) is 30.7 Å². The molecule has 0 radical (unpaired) electrons. The van der Waals surface area contributed by atoms with E-state index in [4.69, 9.17) is 16.0 Å². The number of rotatable bonds is 3. The Morgan fingerprint density at radius 1 is 1.35 bits per heavy atom. The van der Waals surface area contributed by atoms with Crippen molar-refractivity contribution in [3.05, 3.63) is 57.0 Å². The van der Waals surface area contributed by atoms with Crippen molar-refractivity contribution in [2.45, 2.75) is 6.92 Å². The van der Waals surface area contributed by atoms with Gasteiger partial charge in [0.1, 0.15) is 11.4 Å². The van der Waals surface area contributed by atoms with Crippen LogP contribution in [0.1, 0.15) is 15.9 Å². The van der Waals surface area contributed by atoms with Crippen LogP contribution in [0.25, 0.3) is 11.0 Å². The number of benzene rings is 1. The van der Waals surface area contributed by atoms with Gasteiger partial charge in [-0.1, -0.05) is 17.7 Å². The normalized spacial score (nSPS) is 10.9. The molecule has 7 heteroatoms. The number of carboxylic acids is 1. The van der Waals surface area contributed by atoms with E-state index in [0.717, 1.165) is 5.56 Å². The largest absolute Gasteiger partial charge is 0.477 e. The molecule has 0 saturated heterocycles. The first kappa shape index (κ1) is 15.2. The number of hydrogen-bond acceptors (Lipinski definition) is 4. The summed E-state index contributed by atoms with van der Waals surface area (Å²) >= 11 is 6.18. The van der Waals surface area contributed by atoms with Crippen LogP contribution < -0.4 is 10.9 Å². The number of nitrogens with zero attached hydrogens (tertiary/aromatic N) is 1. The summed E-state index contributed by atoms with van der Waals surface area (Å²) in [6.45, 7) is 1.89. The third kappa shape index (κ3) is 2.47. The highest BCUT2D eigenvalue weighted by atomic mass is 35.5. The molecule has 2 heterocycles. The average molecular weight is 333 g/mol. The Morgan fingerprint density at radius 2 is 2.09 bits per heavy atom. The first-order valence-corrected chi connectivity index (χ1v) is 7.14. The molecular weight excluding hydrogens is 320 g/mol. The van der Waals surface area contributed by atoms with Crippen LogP contribution in [0.2, 0.25) is 5.02 Å². The number of pyridine rings is 1. The Kier molecular flexibility index (Phi) is 3.61. The highest BCUT2D eigenvalue weighted by molar-refractivity contribution is 6.33. The summed E-state index contributed by atoms with van der Waals surface area (Å²) < 4.78 is 6.44. The van der Waals surface area contributed by atoms with Gasteiger partial charge in [0.25, 0.3) is 5.56 Å². The van der Waals surface area contributed by atoms with E-state index >= 15 is 0 Å². The Bertz CT molecular complexity index is 988. The van der Waals surface area contributed by atoms with Crippen molar-refractivity contribution < 1.29 is 14.3 Å². The number of fused-ring (bicyclic) bond motifs is 1. The first-order chi connectivity index (χ1) is 10.9. The van der Waals surface area contributed by atoms with Crippen molar-refractivity contribution in [2.75, 3.05) is 5.32 Å². The lowest BCUT2D eigenvalue weighted by molar-refractivity contribution is 0.0698. The molecule has 0 aliphatic rings. The predicted octanol–water partition coefficient (Wildman–Crippen LogP) is 3.54. The van der Waals surface area contributed by atoms with Crippen LogP contribution in [0.4, 0.5) is 11.5 Å². The number of halogens is 1. The predicted molar refractivity (Wildman–Crippen MR) is 87.9 cm³/mol. The van der Waals surface area contributed by atoms with E-state index in [2.05, 4.69) is 5.32 Å². The Balaban J connectivity index is 2.27. The minimum Gasteiger partial charge on any atom is -0.477 e. The molecule has 0 amide bonds. The molecule has 1 aromatic carbocycles. The molecule has 6 nitrogen and oxygen atoms in total. The maximum Gasteiger partial charge on any atom is 0.343 e. The molecule has 2 aromatic heterocycles. The number of carbonyl (C=O) groups is 1. The second kappa shape index (κ2) is 5.48. The van der Waals surface area contributed by atoms with Crippen molar-refractivity contribution >= 4 is 40.0 Å². The van der Waals surface area contributed by atoms with Gasteiger partial charge in [0.2, 0.25) is 0 Å². The Morgan fingerprint density at radius 3 is 2.74 bits per heavy atom. The average Bonchev–Trinajstić information content (AvgIpc) is 2.96. The molecule has 0 unspecified atom stereocenters. The van der Waals surface area contributed by atoms with Gasteiger partial charge in [0.05, 0.1) is 22.4 Å². The summed E-state index contributed by atoms with van der Waals surface area (Å²) in [6, 6.07) is 6.75. The molecule has 23 heavy (non-hydrogen) atoms. The lowest BCUT2D eigenvalue weighted by atomic mass is 10.1. The molecule has 0 saturated carbocycles.